The monoisotopic (exact) mass is 318 g/mol. The number of carbonyl (C=O) groups is 1. The van der Waals surface area contributed by atoms with Gasteiger partial charge in [-0.3, -0.25) is 5.32 Å². The summed E-state index contributed by atoms with van der Waals surface area (Å²) in [7, 11) is 0. The number of hydrogen-bond donors (Lipinski definition) is 1. The maximum atomic E-state index is 13.1. The lowest BCUT2D eigenvalue weighted by Gasteiger charge is -2.24. The number of benzene rings is 1. The van der Waals surface area contributed by atoms with Crippen molar-refractivity contribution >= 4 is 22.4 Å². The molecule has 1 fully saturated rings. The van der Waals surface area contributed by atoms with E-state index in [0.717, 1.165) is 36.4 Å². The third kappa shape index (κ3) is 3.65. The van der Waals surface area contributed by atoms with Crippen LogP contribution in [0.1, 0.15) is 30.7 Å². The average molecular weight is 318 g/mol. The zero-order chi connectivity index (χ0) is 15.4. The number of urea groups is 1. The van der Waals surface area contributed by atoms with Gasteiger partial charge in [-0.05, 0) is 48.1 Å². The molecule has 0 saturated carbocycles. The summed E-state index contributed by atoms with van der Waals surface area (Å²) in [5.41, 5.74) is 1.11. The number of rotatable bonds is 2. The minimum atomic E-state index is -0.218. The van der Waals surface area contributed by atoms with Crippen molar-refractivity contribution < 1.29 is 9.18 Å². The Hall–Kier alpha value is -1.88. The van der Waals surface area contributed by atoms with E-state index in [1.807, 2.05) is 34.5 Å². The summed E-state index contributed by atoms with van der Waals surface area (Å²) < 4.78 is 13.1. The molecule has 1 aliphatic heterocycles. The van der Waals surface area contributed by atoms with Crippen LogP contribution in [0.4, 0.5) is 14.2 Å². The lowest BCUT2D eigenvalue weighted by molar-refractivity contribution is 0.211. The van der Waals surface area contributed by atoms with E-state index in [4.69, 9.17) is 0 Å². The van der Waals surface area contributed by atoms with Gasteiger partial charge in [0.1, 0.15) is 5.82 Å². The first-order valence-corrected chi connectivity index (χ1v) is 8.45. The number of halogens is 1. The average Bonchev–Trinajstić information content (AvgIpc) is 2.90. The molecule has 2 amide bonds. The smallest absolute Gasteiger partial charge is 0.322 e. The Morgan fingerprint density at radius 2 is 2.05 bits per heavy atom. The van der Waals surface area contributed by atoms with E-state index in [1.165, 1.54) is 23.5 Å². The van der Waals surface area contributed by atoms with Gasteiger partial charge in [0.2, 0.25) is 0 Å². The summed E-state index contributed by atoms with van der Waals surface area (Å²) in [6.45, 7) is 1.46. The molecule has 3 nitrogen and oxygen atoms in total. The van der Waals surface area contributed by atoms with Crippen molar-refractivity contribution in [2.45, 2.75) is 25.2 Å². The van der Waals surface area contributed by atoms with Crippen LogP contribution in [0.5, 0.6) is 0 Å². The maximum absolute atomic E-state index is 13.1. The summed E-state index contributed by atoms with van der Waals surface area (Å²) in [6, 6.07) is 10.4. The fourth-order valence-electron chi connectivity index (χ4n) is 2.87. The molecule has 2 heterocycles. The van der Waals surface area contributed by atoms with Crippen LogP contribution in [0.2, 0.25) is 0 Å². The van der Waals surface area contributed by atoms with E-state index in [0.29, 0.717) is 6.54 Å². The Morgan fingerprint density at radius 3 is 2.77 bits per heavy atom. The quantitative estimate of drug-likeness (QED) is 0.856. The highest BCUT2D eigenvalue weighted by molar-refractivity contribution is 7.14. The third-order valence-electron chi connectivity index (χ3n) is 4.05. The molecule has 0 bridgehead atoms. The van der Waals surface area contributed by atoms with Gasteiger partial charge >= 0.3 is 6.03 Å². The molecule has 0 spiro atoms. The maximum Gasteiger partial charge on any atom is 0.322 e. The van der Waals surface area contributed by atoms with Crippen LogP contribution >= 0.6 is 11.3 Å². The van der Waals surface area contributed by atoms with Crippen LogP contribution in [0.15, 0.2) is 41.8 Å². The van der Waals surface area contributed by atoms with Crippen molar-refractivity contribution in [1.82, 2.24) is 4.90 Å². The normalized spacial score (nSPS) is 18.8. The predicted molar refractivity (Wildman–Crippen MR) is 87.9 cm³/mol. The molecule has 1 atom stereocenters. The summed E-state index contributed by atoms with van der Waals surface area (Å²) in [4.78, 5) is 14.3. The van der Waals surface area contributed by atoms with Gasteiger partial charge in [0.15, 0.2) is 0 Å². The van der Waals surface area contributed by atoms with Gasteiger partial charge in [-0.15, -0.1) is 11.3 Å². The second-order valence-electron chi connectivity index (χ2n) is 5.60. The van der Waals surface area contributed by atoms with Gasteiger partial charge in [-0.1, -0.05) is 18.6 Å². The van der Waals surface area contributed by atoms with E-state index in [2.05, 4.69) is 5.32 Å². The fourth-order valence-corrected chi connectivity index (χ4v) is 3.47. The van der Waals surface area contributed by atoms with Gasteiger partial charge in [0.05, 0.1) is 5.00 Å². The van der Waals surface area contributed by atoms with Gasteiger partial charge < -0.3 is 4.90 Å². The first kappa shape index (κ1) is 15.0. The Labute approximate surface area is 133 Å². The highest BCUT2D eigenvalue weighted by Crippen LogP contribution is 2.27. The largest absolute Gasteiger partial charge is 0.324 e. The Kier molecular flexibility index (Phi) is 4.73. The lowest BCUT2D eigenvalue weighted by atomic mass is 9.94. The number of nitrogens with zero attached hydrogens (tertiary/aromatic N) is 1. The number of amides is 2. The minimum Gasteiger partial charge on any atom is -0.324 e. The van der Waals surface area contributed by atoms with E-state index >= 15 is 0 Å². The van der Waals surface area contributed by atoms with Gasteiger partial charge in [0, 0.05) is 19.0 Å². The first-order chi connectivity index (χ1) is 10.7. The number of carbonyl (C=O) groups excluding carboxylic acids is 1. The van der Waals surface area contributed by atoms with Gasteiger partial charge in [-0.25, -0.2) is 9.18 Å². The standard InChI is InChI=1S/C17H19FN2OS/c18-15-8-6-13(7-9-15)14-4-1-2-10-20(12-14)17(21)19-16-5-3-11-22-16/h3,5-9,11,14H,1-2,4,10,12H2,(H,19,21). The third-order valence-corrected chi connectivity index (χ3v) is 4.84. The summed E-state index contributed by atoms with van der Waals surface area (Å²) >= 11 is 1.52. The molecule has 3 rings (SSSR count). The van der Waals surface area contributed by atoms with Crippen LogP contribution in [0, 0.1) is 5.82 Å². The molecule has 1 saturated heterocycles. The summed E-state index contributed by atoms with van der Waals surface area (Å²) in [6.07, 6.45) is 3.13. The van der Waals surface area contributed by atoms with Crippen molar-refractivity contribution in [2.24, 2.45) is 0 Å². The highest BCUT2D eigenvalue weighted by atomic mass is 32.1. The molecule has 1 unspecified atom stereocenters. The van der Waals surface area contributed by atoms with Crippen LogP contribution in [0.25, 0.3) is 0 Å². The molecule has 1 aromatic heterocycles. The Morgan fingerprint density at radius 1 is 1.23 bits per heavy atom. The van der Waals surface area contributed by atoms with Gasteiger partial charge in [0.25, 0.3) is 0 Å². The van der Waals surface area contributed by atoms with Crippen molar-refractivity contribution in [3.05, 3.63) is 53.2 Å². The summed E-state index contributed by atoms with van der Waals surface area (Å²) in [5.74, 6) is 0.0573. The summed E-state index contributed by atoms with van der Waals surface area (Å²) in [5, 5.41) is 5.76. The second kappa shape index (κ2) is 6.92. The van der Waals surface area contributed by atoms with Crippen molar-refractivity contribution in [3.63, 3.8) is 0 Å². The van der Waals surface area contributed by atoms with E-state index in [1.54, 1.807) is 0 Å². The van der Waals surface area contributed by atoms with Crippen molar-refractivity contribution in [3.8, 4) is 0 Å². The zero-order valence-corrected chi connectivity index (χ0v) is 13.1. The number of anilines is 1. The molecule has 1 aliphatic rings. The molecule has 0 aliphatic carbocycles. The van der Waals surface area contributed by atoms with Crippen LogP contribution in [0.3, 0.4) is 0 Å². The molecule has 116 valence electrons. The Bertz CT molecular complexity index is 612. The molecule has 5 heteroatoms. The Balaban J connectivity index is 1.69. The first-order valence-electron chi connectivity index (χ1n) is 7.57. The molecule has 0 radical (unpaired) electrons. The molecule has 1 N–H and O–H groups in total. The topological polar surface area (TPSA) is 32.3 Å². The molecule has 1 aromatic carbocycles. The van der Waals surface area contributed by atoms with E-state index in [9.17, 15) is 9.18 Å². The van der Waals surface area contributed by atoms with Gasteiger partial charge in [-0.2, -0.15) is 0 Å². The zero-order valence-electron chi connectivity index (χ0n) is 12.3. The highest BCUT2D eigenvalue weighted by Gasteiger charge is 2.23. The van der Waals surface area contributed by atoms with Crippen molar-refractivity contribution in [1.29, 1.82) is 0 Å². The van der Waals surface area contributed by atoms with E-state index in [-0.39, 0.29) is 17.8 Å². The predicted octanol–water partition coefficient (Wildman–Crippen LogP) is 4.69. The number of nitrogens with one attached hydrogen (secondary N) is 1. The molecule has 2 aromatic rings. The number of likely N-dealkylation sites (tertiary alicyclic amines) is 1. The van der Waals surface area contributed by atoms with Crippen LogP contribution in [-0.4, -0.2) is 24.0 Å². The second-order valence-corrected chi connectivity index (χ2v) is 6.55. The molecular weight excluding hydrogens is 299 g/mol. The number of hydrogen-bond acceptors (Lipinski definition) is 2. The molecule has 22 heavy (non-hydrogen) atoms. The fraction of sp³-hybridized carbons (Fsp3) is 0.353. The van der Waals surface area contributed by atoms with Crippen LogP contribution in [-0.2, 0) is 0 Å². The lowest BCUT2D eigenvalue weighted by Crippen LogP contribution is -2.37. The minimum absolute atomic E-state index is 0.0449. The molecular formula is C17H19FN2OS. The SMILES string of the molecule is O=C(Nc1cccs1)N1CCCCC(c2ccc(F)cc2)C1. The van der Waals surface area contributed by atoms with E-state index < -0.39 is 0 Å². The van der Waals surface area contributed by atoms with Crippen LogP contribution < -0.4 is 5.32 Å². The number of thiophene rings is 1. The van der Waals surface area contributed by atoms with Crippen molar-refractivity contribution in [2.75, 3.05) is 18.4 Å².